The second-order valence-electron chi connectivity index (χ2n) is 11.4. The molecule has 0 radical (unpaired) electrons. The molecule has 1 unspecified atom stereocenters. The van der Waals surface area contributed by atoms with Gasteiger partial charge in [0.1, 0.15) is 12.6 Å². The molecule has 5 rings (SSSR count). The molecule has 1 aliphatic carbocycles. The number of nitrogens with zero attached hydrogens (tertiary/aromatic N) is 2. The van der Waals surface area contributed by atoms with Gasteiger partial charge in [-0.25, -0.2) is 8.42 Å². The van der Waals surface area contributed by atoms with Crippen LogP contribution >= 0.6 is 0 Å². The van der Waals surface area contributed by atoms with Crippen LogP contribution < -0.4 is 19.1 Å². The van der Waals surface area contributed by atoms with Gasteiger partial charge in [0.25, 0.3) is 0 Å². The van der Waals surface area contributed by atoms with Crippen molar-refractivity contribution in [3.05, 3.63) is 89.5 Å². The Balaban J connectivity index is 1.52. The highest BCUT2D eigenvalue weighted by Gasteiger charge is 2.35. The Morgan fingerprint density at radius 2 is 1.64 bits per heavy atom. The second kappa shape index (κ2) is 14.2. The molecule has 1 saturated carbocycles. The summed E-state index contributed by atoms with van der Waals surface area (Å²) in [5, 5.41) is 3.23. The largest absolute Gasteiger partial charge is 0.454 e. The lowest BCUT2D eigenvalue weighted by Gasteiger charge is -2.35. The molecular formula is C34H41N3O6S. The maximum absolute atomic E-state index is 14.5. The Kier molecular flexibility index (Phi) is 10.1. The molecule has 0 aromatic heterocycles. The van der Waals surface area contributed by atoms with Crippen LogP contribution in [0.2, 0.25) is 0 Å². The smallest absolute Gasteiger partial charge is 0.244 e. The number of aryl methyl sites for hydroxylation is 1. The number of sulfonamides is 1. The number of rotatable bonds is 12. The molecular weight excluding hydrogens is 578 g/mol. The summed E-state index contributed by atoms with van der Waals surface area (Å²) < 4.78 is 38.9. The third-order valence-electron chi connectivity index (χ3n) is 8.45. The number of hydrogen-bond acceptors (Lipinski definition) is 6. The highest BCUT2D eigenvalue weighted by molar-refractivity contribution is 7.92. The Hall–Kier alpha value is -4.05. The molecule has 44 heavy (non-hydrogen) atoms. The average Bonchev–Trinajstić information content (AvgIpc) is 3.51. The van der Waals surface area contributed by atoms with E-state index in [-0.39, 0.29) is 31.0 Å². The van der Waals surface area contributed by atoms with Crippen molar-refractivity contribution in [2.45, 2.75) is 71.0 Å². The Labute approximate surface area is 260 Å². The third-order valence-corrected chi connectivity index (χ3v) is 10.2. The Morgan fingerprint density at radius 1 is 0.932 bits per heavy atom. The van der Waals surface area contributed by atoms with Crippen molar-refractivity contribution in [1.82, 2.24) is 10.2 Å². The van der Waals surface area contributed by atoms with Crippen LogP contribution in [0.5, 0.6) is 11.5 Å². The van der Waals surface area contributed by atoms with E-state index >= 15 is 0 Å². The maximum atomic E-state index is 14.5. The molecule has 2 aliphatic rings. The number of carbonyl (C=O) groups excluding carboxylic acids is 2. The van der Waals surface area contributed by atoms with E-state index in [2.05, 4.69) is 5.32 Å². The highest BCUT2D eigenvalue weighted by Crippen LogP contribution is 2.36. The molecule has 0 saturated heterocycles. The zero-order chi connectivity index (χ0) is 31.1. The first kappa shape index (κ1) is 31.4. The molecule has 0 bridgehead atoms. The number of benzene rings is 3. The molecule has 9 nitrogen and oxygen atoms in total. The Bertz CT molecular complexity index is 1560. The predicted molar refractivity (Wildman–Crippen MR) is 170 cm³/mol. The van der Waals surface area contributed by atoms with Gasteiger partial charge >= 0.3 is 0 Å². The van der Waals surface area contributed by atoms with Crippen LogP contribution in [0.15, 0.2) is 72.8 Å². The van der Waals surface area contributed by atoms with Gasteiger partial charge in [-0.2, -0.15) is 0 Å². The number of hydrogen-bond donors (Lipinski definition) is 1. The summed E-state index contributed by atoms with van der Waals surface area (Å²) in [6.45, 7) is 3.24. The van der Waals surface area contributed by atoms with Crippen LogP contribution in [0, 0.1) is 6.92 Å². The molecule has 2 amide bonds. The van der Waals surface area contributed by atoms with Gasteiger partial charge in [-0.1, -0.05) is 73.9 Å². The minimum atomic E-state index is -3.88. The zero-order valence-electron chi connectivity index (χ0n) is 25.4. The number of carbonyl (C=O) groups is 2. The van der Waals surface area contributed by atoms with Crippen molar-refractivity contribution in [3.8, 4) is 11.5 Å². The zero-order valence-corrected chi connectivity index (χ0v) is 26.2. The second-order valence-corrected chi connectivity index (χ2v) is 13.6. The summed E-state index contributed by atoms with van der Waals surface area (Å²) in [6, 6.07) is 21.4. The lowest BCUT2D eigenvalue weighted by atomic mass is 9.94. The molecule has 1 heterocycles. The van der Waals surface area contributed by atoms with Crippen molar-refractivity contribution < 1.29 is 27.5 Å². The predicted octanol–water partition coefficient (Wildman–Crippen LogP) is 4.97. The lowest BCUT2D eigenvalue weighted by molar-refractivity contribution is -0.140. The molecule has 1 aliphatic heterocycles. The van der Waals surface area contributed by atoms with Crippen molar-refractivity contribution in [2.75, 3.05) is 23.4 Å². The fraction of sp³-hybridized carbons (Fsp3) is 0.412. The summed E-state index contributed by atoms with van der Waals surface area (Å²) in [5.74, 6) is 0.0230. The fourth-order valence-electron chi connectivity index (χ4n) is 5.83. The van der Waals surface area contributed by atoms with Crippen LogP contribution in [-0.2, 0) is 32.6 Å². The van der Waals surface area contributed by atoms with Crippen molar-refractivity contribution >= 4 is 27.5 Å². The van der Waals surface area contributed by atoms with E-state index in [9.17, 15) is 18.0 Å². The van der Waals surface area contributed by atoms with E-state index in [1.807, 2.05) is 61.5 Å². The average molecular weight is 620 g/mol. The molecule has 0 spiro atoms. The number of anilines is 1. The molecule has 1 N–H and O–H groups in total. The standard InChI is InChI=1S/C34H41N3O6S/c1-3-44(40,41)37(29-18-19-31-32(21-29)43-24-42-31)23-33(38)36(22-27-15-11-10-12-25(27)2)30(20-26-13-6-4-7-14-26)34(39)35-28-16-8-5-9-17-28/h4,6-7,10-15,18-19,21,28,30H,3,5,8-9,16-17,20,22-24H2,1-2H3,(H,35,39). The van der Waals surface area contributed by atoms with Gasteiger partial charge in [-0.3, -0.25) is 13.9 Å². The van der Waals surface area contributed by atoms with Crippen molar-refractivity contribution in [3.63, 3.8) is 0 Å². The van der Waals surface area contributed by atoms with Crippen LogP contribution in [0.4, 0.5) is 5.69 Å². The van der Waals surface area contributed by atoms with E-state index in [0.29, 0.717) is 23.6 Å². The topological polar surface area (TPSA) is 105 Å². The van der Waals surface area contributed by atoms with Gasteiger partial charge in [0.05, 0.1) is 11.4 Å². The van der Waals surface area contributed by atoms with E-state index in [1.54, 1.807) is 30.0 Å². The first-order valence-corrected chi connectivity index (χ1v) is 16.9. The summed E-state index contributed by atoms with van der Waals surface area (Å²) in [4.78, 5) is 30.1. The van der Waals surface area contributed by atoms with E-state index in [1.165, 1.54) is 0 Å². The summed E-state index contributed by atoms with van der Waals surface area (Å²) in [6.07, 6.45) is 5.37. The minimum Gasteiger partial charge on any atom is -0.454 e. The quantitative estimate of drug-likeness (QED) is 0.307. The summed E-state index contributed by atoms with van der Waals surface area (Å²) in [5.41, 5.74) is 3.07. The SMILES string of the molecule is CCS(=O)(=O)N(CC(=O)N(Cc1ccccc1C)C(Cc1ccccc1)C(=O)NC1CCCCC1)c1ccc2c(c1)OCO2. The van der Waals surface area contributed by atoms with Gasteiger partial charge in [-0.15, -0.1) is 0 Å². The van der Waals surface area contributed by atoms with Crippen LogP contribution in [0.25, 0.3) is 0 Å². The molecule has 1 fully saturated rings. The monoisotopic (exact) mass is 619 g/mol. The van der Waals surface area contributed by atoms with Crippen LogP contribution in [0.1, 0.15) is 55.7 Å². The van der Waals surface area contributed by atoms with E-state index in [0.717, 1.165) is 53.1 Å². The van der Waals surface area contributed by atoms with Crippen molar-refractivity contribution in [1.29, 1.82) is 0 Å². The highest BCUT2D eigenvalue weighted by atomic mass is 32.2. The van der Waals surface area contributed by atoms with E-state index in [4.69, 9.17) is 9.47 Å². The fourth-order valence-corrected chi connectivity index (χ4v) is 6.88. The normalized spacial score (nSPS) is 15.4. The van der Waals surface area contributed by atoms with Gasteiger partial charge in [0.2, 0.25) is 28.6 Å². The van der Waals surface area contributed by atoms with E-state index < -0.39 is 28.5 Å². The summed E-state index contributed by atoms with van der Waals surface area (Å²) in [7, 11) is -3.88. The number of nitrogens with one attached hydrogen (secondary N) is 1. The molecule has 3 aromatic rings. The first-order chi connectivity index (χ1) is 21.2. The number of fused-ring (bicyclic) bond motifs is 1. The number of ether oxygens (including phenoxy) is 2. The molecule has 10 heteroatoms. The van der Waals surface area contributed by atoms with Gasteiger partial charge in [0.15, 0.2) is 11.5 Å². The minimum absolute atomic E-state index is 0.0414. The lowest BCUT2D eigenvalue weighted by Crippen LogP contribution is -2.55. The van der Waals surface area contributed by atoms with Crippen molar-refractivity contribution in [2.24, 2.45) is 0 Å². The molecule has 3 aromatic carbocycles. The van der Waals surface area contributed by atoms with Gasteiger partial charge in [-0.05, 0) is 55.5 Å². The van der Waals surface area contributed by atoms with Gasteiger partial charge < -0.3 is 19.7 Å². The molecule has 234 valence electrons. The maximum Gasteiger partial charge on any atom is 0.244 e. The van der Waals surface area contributed by atoms with Crippen LogP contribution in [-0.4, -0.2) is 56.3 Å². The van der Waals surface area contributed by atoms with Crippen LogP contribution in [0.3, 0.4) is 0 Å². The molecule has 1 atom stereocenters. The third kappa shape index (κ3) is 7.53. The number of amides is 2. The van der Waals surface area contributed by atoms with Gasteiger partial charge in [0, 0.05) is 25.1 Å². The Morgan fingerprint density at radius 3 is 2.36 bits per heavy atom. The summed E-state index contributed by atoms with van der Waals surface area (Å²) >= 11 is 0. The first-order valence-electron chi connectivity index (χ1n) is 15.3.